The van der Waals surface area contributed by atoms with Crippen LogP contribution >= 0.6 is 0 Å². The van der Waals surface area contributed by atoms with Gasteiger partial charge in [-0.25, -0.2) is 0 Å². The lowest BCUT2D eigenvalue weighted by Crippen LogP contribution is -2.46. The van der Waals surface area contributed by atoms with Crippen LogP contribution in [0.5, 0.6) is 0 Å². The molecular formula is C20H38N4. The fraction of sp³-hybridized carbons (Fsp3) is 1.00. The van der Waals surface area contributed by atoms with Crippen LogP contribution in [-0.2, 0) is 0 Å². The van der Waals surface area contributed by atoms with Crippen LogP contribution in [0.15, 0.2) is 0 Å². The highest BCUT2D eigenvalue weighted by Crippen LogP contribution is 2.40. The van der Waals surface area contributed by atoms with E-state index >= 15 is 0 Å². The lowest BCUT2D eigenvalue weighted by atomic mass is 9.95. The summed E-state index contributed by atoms with van der Waals surface area (Å²) in [5.74, 6) is 0. The van der Waals surface area contributed by atoms with Crippen molar-refractivity contribution < 1.29 is 0 Å². The molecule has 0 radical (unpaired) electrons. The third-order valence-electron chi connectivity index (χ3n) is 7.63. The normalized spacial score (nSPS) is 43.4. The van der Waals surface area contributed by atoms with Crippen LogP contribution in [0.2, 0.25) is 0 Å². The number of likely N-dealkylation sites (N-methyl/N-ethyl adjacent to an activating group) is 1. The molecule has 7 atom stereocenters. The number of rotatable bonds is 7. The van der Waals surface area contributed by atoms with E-state index in [9.17, 15) is 0 Å². The zero-order valence-electron chi connectivity index (χ0n) is 16.2. The van der Waals surface area contributed by atoms with Gasteiger partial charge >= 0.3 is 0 Å². The number of hydrogen-bond acceptors (Lipinski definition) is 4. The van der Waals surface area contributed by atoms with Crippen molar-refractivity contribution in [3.05, 3.63) is 0 Å². The summed E-state index contributed by atoms with van der Waals surface area (Å²) in [5, 5.41) is 7.50. The van der Waals surface area contributed by atoms with E-state index in [1.165, 1.54) is 51.5 Å². The van der Waals surface area contributed by atoms with E-state index < -0.39 is 0 Å². The van der Waals surface area contributed by atoms with E-state index in [0.29, 0.717) is 6.04 Å². The zero-order valence-corrected chi connectivity index (χ0v) is 16.2. The van der Waals surface area contributed by atoms with Crippen molar-refractivity contribution >= 4 is 0 Å². The van der Waals surface area contributed by atoms with Crippen LogP contribution < -0.4 is 10.6 Å². The maximum Gasteiger partial charge on any atom is 0.0256 e. The van der Waals surface area contributed by atoms with Crippen molar-refractivity contribution in [1.29, 1.82) is 0 Å². The Morgan fingerprint density at radius 1 is 0.875 bits per heavy atom. The largest absolute Gasteiger partial charge is 0.315 e. The van der Waals surface area contributed by atoms with Gasteiger partial charge in [-0.05, 0) is 79.3 Å². The van der Waals surface area contributed by atoms with Gasteiger partial charge < -0.3 is 10.6 Å². The van der Waals surface area contributed by atoms with Gasteiger partial charge in [0.2, 0.25) is 0 Å². The second kappa shape index (κ2) is 6.86. The van der Waals surface area contributed by atoms with Crippen LogP contribution in [0, 0.1) is 0 Å². The second-order valence-electron chi connectivity index (χ2n) is 9.15. The SMILES string of the molecule is CN[C@H]1C[C@H]2CCC1N2C(C)CCNC1CC2CCC1N2C(C)C. The van der Waals surface area contributed by atoms with Crippen molar-refractivity contribution in [2.24, 2.45) is 0 Å². The summed E-state index contributed by atoms with van der Waals surface area (Å²) < 4.78 is 0. The Morgan fingerprint density at radius 2 is 1.50 bits per heavy atom. The Bertz CT molecular complexity index is 439. The topological polar surface area (TPSA) is 30.5 Å². The average molecular weight is 335 g/mol. The molecule has 5 unspecified atom stereocenters. The first-order valence-corrected chi connectivity index (χ1v) is 10.6. The van der Waals surface area contributed by atoms with Crippen LogP contribution in [0.1, 0.15) is 65.7 Å². The molecule has 4 heteroatoms. The molecule has 138 valence electrons. The van der Waals surface area contributed by atoms with Gasteiger partial charge in [0.25, 0.3) is 0 Å². The van der Waals surface area contributed by atoms with Crippen molar-refractivity contribution in [1.82, 2.24) is 20.4 Å². The molecule has 0 spiro atoms. The van der Waals surface area contributed by atoms with Gasteiger partial charge in [0.1, 0.15) is 0 Å². The molecule has 2 N–H and O–H groups in total. The summed E-state index contributed by atoms with van der Waals surface area (Å²) in [4.78, 5) is 5.64. The highest BCUT2D eigenvalue weighted by atomic mass is 15.3. The van der Waals surface area contributed by atoms with E-state index in [-0.39, 0.29) is 0 Å². The predicted molar refractivity (Wildman–Crippen MR) is 100 cm³/mol. The fourth-order valence-corrected chi connectivity index (χ4v) is 6.71. The second-order valence-corrected chi connectivity index (χ2v) is 9.15. The minimum absolute atomic E-state index is 0.715. The average Bonchev–Trinajstić information content (AvgIpc) is 3.31. The van der Waals surface area contributed by atoms with Crippen LogP contribution in [-0.4, -0.2) is 71.7 Å². The van der Waals surface area contributed by atoms with Gasteiger partial charge in [0.15, 0.2) is 0 Å². The smallest absolute Gasteiger partial charge is 0.0256 e. The third kappa shape index (κ3) is 2.84. The van der Waals surface area contributed by atoms with Gasteiger partial charge in [-0.15, -0.1) is 0 Å². The van der Waals surface area contributed by atoms with Crippen molar-refractivity contribution in [3.8, 4) is 0 Å². The number of nitrogens with one attached hydrogen (secondary N) is 2. The Kier molecular flexibility index (Phi) is 4.94. The molecule has 4 aliphatic heterocycles. The Morgan fingerprint density at radius 3 is 2.08 bits per heavy atom. The maximum atomic E-state index is 3.94. The summed E-state index contributed by atoms with van der Waals surface area (Å²) in [6.45, 7) is 8.40. The molecule has 0 saturated carbocycles. The summed E-state index contributed by atoms with van der Waals surface area (Å²) in [6.07, 6.45) is 9.73. The lowest BCUT2D eigenvalue weighted by Gasteiger charge is -2.31. The minimum Gasteiger partial charge on any atom is -0.315 e. The van der Waals surface area contributed by atoms with E-state index in [2.05, 4.69) is 48.3 Å². The third-order valence-corrected chi connectivity index (χ3v) is 7.63. The molecule has 0 aromatic rings. The molecule has 0 amide bonds. The molecule has 4 heterocycles. The molecule has 4 fully saturated rings. The van der Waals surface area contributed by atoms with Crippen molar-refractivity contribution in [2.75, 3.05) is 13.6 Å². The monoisotopic (exact) mass is 334 g/mol. The molecule has 0 aromatic carbocycles. The number of nitrogens with zero attached hydrogens (tertiary/aromatic N) is 2. The summed E-state index contributed by atoms with van der Waals surface area (Å²) in [6, 6.07) is 6.25. The van der Waals surface area contributed by atoms with Gasteiger partial charge in [-0.3, -0.25) is 9.80 Å². The lowest BCUT2D eigenvalue weighted by molar-refractivity contribution is 0.168. The molecule has 4 saturated heterocycles. The Hall–Kier alpha value is -0.160. The first-order chi connectivity index (χ1) is 11.6. The highest BCUT2D eigenvalue weighted by Gasteiger charge is 2.48. The standard InChI is InChI=1S/C20H38N4/c1-13(2)23-15-5-8-20(23)18(12-15)22-10-9-14(3)24-16-6-7-19(24)17(11-16)21-4/h13-22H,5-12H2,1-4H3/t14?,15?,16-,17+,18?,19?,20?/m1/s1. The van der Waals surface area contributed by atoms with Gasteiger partial charge in [-0.2, -0.15) is 0 Å². The highest BCUT2D eigenvalue weighted by molar-refractivity contribution is 5.06. The fourth-order valence-electron chi connectivity index (χ4n) is 6.71. The van der Waals surface area contributed by atoms with Crippen LogP contribution in [0.25, 0.3) is 0 Å². The van der Waals surface area contributed by atoms with Gasteiger partial charge in [-0.1, -0.05) is 0 Å². The molecule has 4 bridgehead atoms. The molecule has 4 aliphatic rings. The number of hydrogen-bond donors (Lipinski definition) is 2. The Balaban J connectivity index is 1.25. The summed E-state index contributed by atoms with van der Waals surface area (Å²) in [5.41, 5.74) is 0. The summed E-state index contributed by atoms with van der Waals surface area (Å²) in [7, 11) is 2.14. The maximum absolute atomic E-state index is 3.94. The molecule has 0 aromatic heterocycles. The molecule has 0 aliphatic carbocycles. The summed E-state index contributed by atoms with van der Waals surface area (Å²) >= 11 is 0. The van der Waals surface area contributed by atoms with Crippen molar-refractivity contribution in [3.63, 3.8) is 0 Å². The van der Waals surface area contributed by atoms with E-state index in [4.69, 9.17) is 0 Å². The van der Waals surface area contributed by atoms with E-state index in [1.807, 2.05) is 0 Å². The molecule has 4 rings (SSSR count). The van der Waals surface area contributed by atoms with Crippen LogP contribution in [0.4, 0.5) is 0 Å². The first-order valence-electron chi connectivity index (χ1n) is 10.6. The molecule has 4 nitrogen and oxygen atoms in total. The molecular weight excluding hydrogens is 296 g/mol. The van der Waals surface area contributed by atoms with Gasteiger partial charge in [0, 0.05) is 48.3 Å². The predicted octanol–water partition coefficient (Wildman–Crippen LogP) is 2.19. The number of fused-ring (bicyclic) bond motifs is 4. The zero-order chi connectivity index (χ0) is 16.8. The van der Waals surface area contributed by atoms with Crippen molar-refractivity contribution in [2.45, 2.75) is 114 Å². The minimum atomic E-state index is 0.715. The van der Waals surface area contributed by atoms with E-state index in [1.54, 1.807) is 0 Å². The quantitative estimate of drug-likeness (QED) is 0.747. The van der Waals surface area contributed by atoms with E-state index in [0.717, 1.165) is 42.3 Å². The molecule has 24 heavy (non-hydrogen) atoms. The first kappa shape index (κ1) is 17.3. The van der Waals surface area contributed by atoms with Crippen LogP contribution in [0.3, 0.4) is 0 Å². The Labute approximate surface area is 148 Å². The van der Waals surface area contributed by atoms with Gasteiger partial charge in [0.05, 0.1) is 0 Å².